The molecule has 0 saturated carbocycles. The summed E-state index contributed by atoms with van der Waals surface area (Å²) >= 11 is 1.35. The Balaban J connectivity index is 1.77. The molecule has 0 aromatic heterocycles. The molecule has 3 amide bonds. The van der Waals surface area contributed by atoms with Crippen LogP contribution in [-0.2, 0) is 19.1 Å². The number of likely N-dealkylation sites (N-methyl/N-ethyl adjacent to an activating group) is 1. The molecule has 2 N–H and O–H groups in total. The molecule has 3 aliphatic rings. The van der Waals surface area contributed by atoms with Gasteiger partial charge in [0, 0.05) is 18.4 Å². The van der Waals surface area contributed by atoms with Gasteiger partial charge in [0.15, 0.2) is 0 Å². The van der Waals surface area contributed by atoms with E-state index in [0.717, 1.165) is 5.57 Å². The van der Waals surface area contributed by atoms with Crippen LogP contribution in [0.5, 0.6) is 0 Å². The van der Waals surface area contributed by atoms with Crippen molar-refractivity contribution >= 4 is 40.9 Å². The van der Waals surface area contributed by atoms with Crippen LogP contribution in [0.25, 0.3) is 0 Å². The zero-order valence-electron chi connectivity index (χ0n) is 22.0. The number of anilines is 2. The predicted octanol–water partition coefficient (Wildman–Crippen LogP) is 3.24. The van der Waals surface area contributed by atoms with Gasteiger partial charge in [-0.1, -0.05) is 42.5 Å². The minimum Gasteiger partial charge on any atom is -0.439 e. The molecule has 0 spiro atoms. The number of thioether (sulfide) groups is 1. The van der Waals surface area contributed by atoms with Crippen molar-refractivity contribution in [3.05, 3.63) is 72.1 Å². The van der Waals surface area contributed by atoms with E-state index in [4.69, 9.17) is 4.74 Å². The molecule has 11 heteroatoms. The first kappa shape index (κ1) is 28.6. The third-order valence-electron chi connectivity index (χ3n) is 7.05. The number of rotatable bonds is 9. The average molecular weight is 559 g/mol. The number of fused-ring (bicyclic) bond motifs is 2. The quantitative estimate of drug-likeness (QED) is 0.484. The monoisotopic (exact) mass is 558 g/mol. The summed E-state index contributed by atoms with van der Waals surface area (Å²) < 4.78 is 31.7. The Morgan fingerprint density at radius 2 is 1.92 bits per heavy atom. The van der Waals surface area contributed by atoms with Crippen LogP contribution in [0, 0.1) is 11.8 Å². The molecule has 4 rings (SSSR count). The number of nitrogens with zero attached hydrogens (tertiary/aromatic N) is 2. The SMILES string of the molecule is CN[C@@H](C)C(=O)N[C@H]1CN(C(=O)CSC)c2ccccc2N(CC2C(OC(F)F)=CC=C3C=CC=CC32)C1=O. The summed E-state index contributed by atoms with van der Waals surface area (Å²) in [6.45, 7) is -1.44. The van der Waals surface area contributed by atoms with E-state index in [1.165, 1.54) is 27.6 Å². The second-order valence-corrected chi connectivity index (χ2v) is 10.3. The third-order valence-corrected chi connectivity index (χ3v) is 7.59. The number of amides is 3. The van der Waals surface area contributed by atoms with E-state index in [0.29, 0.717) is 11.4 Å². The Morgan fingerprint density at radius 1 is 1.18 bits per heavy atom. The molecule has 1 aliphatic heterocycles. The van der Waals surface area contributed by atoms with Gasteiger partial charge in [0.1, 0.15) is 11.8 Å². The van der Waals surface area contributed by atoms with E-state index in [-0.39, 0.29) is 36.4 Å². The summed E-state index contributed by atoms with van der Waals surface area (Å²) in [5.74, 6) is -1.74. The van der Waals surface area contributed by atoms with Crippen LogP contribution >= 0.6 is 11.8 Å². The van der Waals surface area contributed by atoms with Crippen LogP contribution in [0.2, 0.25) is 0 Å². The lowest BCUT2D eigenvalue weighted by Crippen LogP contribution is -2.56. The minimum absolute atomic E-state index is 0.00685. The highest BCUT2D eigenvalue weighted by atomic mass is 32.2. The number of hydrogen-bond donors (Lipinski definition) is 2. The van der Waals surface area contributed by atoms with Crippen LogP contribution in [-0.4, -0.2) is 68.6 Å². The van der Waals surface area contributed by atoms with E-state index < -0.39 is 36.4 Å². The Bertz CT molecular complexity index is 1230. The first-order valence-corrected chi connectivity index (χ1v) is 14.0. The molecule has 4 atom stereocenters. The van der Waals surface area contributed by atoms with Gasteiger partial charge in [-0.05, 0) is 44.0 Å². The second-order valence-electron chi connectivity index (χ2n) is 9.44. The van der Waals surface area contributed by atoms with Gasteiger partial charge >= 0.3 is 6.61 Å². The van der Waals surface area contributed by atoms with Crippen molar-refractivity contribution in [3.63, 3.8) is 0 Å². The van der Waals surface area contributed by atoms with Gasteiger partial charge in [0.25, 0.3) is 5.91 Å². The minimum atomic E-state index is -3.03. The molecule has 39 heavy (non-hydrogen) atoms. The van der Waals surface area contributed by atoms with Crippen LogP contribution in [0.3, 0.4) is 0 Å². The maximum absolute atomic E-state index is 14.1. The summed E-state index contributed by atoms with van der Waals surface area (Å²) in [6.07, 6.45) is 12.6. The third kappa shape index (κ3) is 6.25. The number of alkyl halides is 2. The van der Waals surface area contributed by atoms with Gasteiger partial charge in [0.05, 0.1) is 29.7 Å². The first-order chi connectivity index (χ1) is 18.7. The lowest BCUT2D eigenvalue weighted by atomic mass is 9.78. The first-order valence-electron chi connectivity index (χ1n) is 12.6. The van der Waals surface area contributed by atoms with E-state index >= 15 is 0 Å². The van der Waals surface area contributed by atoms with Crippen molar-refractivity contribution in [2.45, 2.75) is 25.6 Å². The summed E-state index contributed by atoms with van der Waals surface area (Å²) in [6, 6.07) is 5.35. The maximum atomic E-state index is 14.1. The fourth-order valence-electron chi connectivity index (χ4n) is 4.96. The fraction of sp³-hybridized carbons (Fsp3) is 0.393. The number of benzene rings is 1. The molecule has 2 aliphatic carbocycles. The van der Waals surface area contributed by atoms with Gasteiger partial charge in [-0.25, -0.2) is 0 Å². The van der Waals surface area contributed by atoms with Gasteiger partial charge in [-0.2, -0.15) is 20.5 Å². The van der Waals surface area contributed by atoms with Crippen molar-refractivity contribution in [1.29, 1.82) is 0 Å². The van der Waals surface area contributed by atoms with Crippen molar-refractivity contribution < 1.29 is 27.9 Å². The van der Waals surface area contributed by atoms with Crippen molar-refractivity contribution in [3.8, 4) is 0 Å². The Morgan fingerprint density at radius 3 is 2.62 bits per heavy atom. The topological polar surface area (TPSA) is 91.0 Å². The molecule has 0 saturated heterocycles. The standard InChI is InChI=1S/C28H32F2N4O4S/c1-17(31-2)26(36)32-21-15-33(25(35)16-39-3)22-10-6-7-11-23(22)34(27(21)37)14-20-19-9-5-4-8-18(19)12-13-24(20)38-28(29)30/h4-13,17,19-21,28,31H,14-16H2,1-3H3,(H,32,36)/t17-,19?,20?,21-/m0/s1. The van der Waals surface area contributed by atoms with Crippen LogP contribution in [0.15, 0.2) is 72.1 Å². The van der Waals surface area contributed by atoms with E-state index in [2.05, 4.69) is 10.6 Å². The highest BCUT2D eigenvalue weighted by Gasteiger charge is 2.41. The molecule has 0 bridgehead atoms. The average Bonchev–Trinajstić information content (AvgIpc) is 3.04. The second kappa shape index (κ2) is 12.6. The zero-order valence-corrected chi connectivity index (χ0v) is 22.8. The summed E-state index contributed by atoms with van der Waals surface area (Å²) in [7, 11) is 1.63. The summed E-state index contributed by atoms with van der Waals surface area (Å²) in [4.78, 5) is 43.2. The van der Waals surface area contributed by atoms with Crippen LogP contribution in [0.1, 0.15) is 6.92 Å². The molecule has 0 fully saturated rings. The Hall–Kier alpha value is -3.44. The molecular weight excluding hydrogens is 526 g/mol. The van der Waals surface area contributed by atoms with Crippen LogP contribution < -0.4 is 20.4 Å². The number of hydrogen-bond acceptors (Lipinski definition) is 6. The van der Waals surface area contributed by atoms with Gasteiger partial charge in [-0.3, -0.25) is 14.4 Å². The van der Waals surface area contributed by atoms with E-state index in [9.17, 15) is 23.2 Å². The number of allylic oxidation sites excluding steroid dienone is 7. The number of ether oxygens (including phenoxy) is 1. The lowest BCUT2D eigenvalue weighted by molar-refractivity contribution is -0.128. The largest absolute Gasteiger partial charge is 0.439 e. The van der Waals surface area contributed by atoms with Gasteiger partial charge < -0.3 is 25.2 Å². The maximum Gasteiger partial charge on any atom is 0.387 e. The Kier molecular flexibility index (Phi) is 9.24. The zero-order chi connectivity index (χ0) is 28.1. The molecule has 2 unspecified atom stereocenters. The van der Waals surface area contributed by atoms with Crippen molar-refractivity contribution in [1.82, 2.24) is 10.6 Å². The molecule has 8 nitrogen and oxygen atoms in total. The molecule has 1 aromatic carbocycles. The molecule has 1 heterocycles. The Labute approximate surface area is 230 Å². The van der Waals surface area contributed by atoms with Crippen molar-refractivity contribution in [2.75, 3.05) is 41.9 Å². The summed E-state index contributed by atoms with van der Waals surface area (Å²) in [5.41, 5.74) is 1.87. The van der Waals surface area contributed by atoms with Gasteiger partial charge in [-0.15, -0.1) is 0 Å². The van der Waals surface area contributed by atoms with E-state index in [1.54, 1.807) is 44.3 Å². The number of para-hydroxylation sites is 2. The molecule has 0 radical (unpaired) electrons. The molecule has 1 aromatic rings. The highest BCUT2D eigenvalue weighted by Crippen LogP contribution is 2.40. The normalized spacial score (nSPS) is 22.9. The summed E-state index contributed by atoms with van der Waals surface area (Å²) in [5, 5.41) is 5.64. The molecular formula is C28H32F2N4O4S. The number of carbonyl (C=O) groups is 3. The smallest absolute Gasteiger partial charge is 0.387 e. The number of carbonyl (C=O) groups excluding carboxylic acids is 3. The van der Waals surface area contributed by atoms with Gasteiger partial charge in [0.2, 0.25) is 11.8 Å². The van der Waals surface area contributed by atoms with Crippen LogP contribution in [0.4, 0.5) is 20.2 Å². The highest BCUT2D eigenvalue weighted by molar-refractivity contribution is 7.99. The lowest BCUT2D eigenvalue weighted by Gasteiger charge is -2.36. The number of halogens is 2. The molecule has 208 valence electrons. The van der Waals surface area contributed by atoms with Crippen molar-refractivity contribution in [2.24, 2.45) is 11.8 Å². The van der Waals surface area contributed by atoms with E-state index in [1.807, 2.05) is 30.6 Å². The number of nitrogens with one attached hydrogen (secondary N) is 2. The fourth-order valence-corrected chi connectivity index (χ4v) is 5.36. The predicted molar refractivity (Wildman–Crippen MR) is 148 cm³/mol.